The fourth-order valence-corrected chi connectivity index (χ4v) is 5.51. The molecule has 2 aromatic heterocycles. The number of aryl methyl sites for hydroxylation is 5. The van der Waals surface area contributed by atoms with Crippen LogP contribution in [0.1, 0.15) is 40.7 Å². The highest BCUT2D eigenvalue weighted by Gasteiger charge is 2.23. The standard InChI is InChI=1S/C31H27N2O/c1-19-14-15-33(3)27(16-19)28-20(2)8-12-25-26-13-11-24(18-32)29(31(26)34-30(25)28)23-10-9-21-6-4-5-7-22(21)17-23/h8-17H,4-7H2,1-3H3/q+1. The Balaban J connectivity index is 1.68. The molecule has 0 fully saturated rings. The summed E-state index contributed by atoms with van der Waals surface area (Å²) < 4.78 is 8.87. The minimum absolute atomic E-state index is 0.654. The quantitative estimate of drug-likeness (QED) is 0.273. The van der Waals surface area contributed by atoms with Crippen molar-refractivity contribution in [1.82, 2.24) is 0 Å². The van der Waals surface area contributed by atoms with Crippen LogP contribution in [0, 0.1) is 25.2 Å². The molecule has 0 saturated carbocycles. The largest absolute Gasteiger partial charge is 0.454 e. The topological polar surface area (TPSA) is 40.8 Å². The molecule has 0 saturated heterocycles. The van der Waals surface area contributed by atoms with Crippen LogP contribution in [-0.4, -0.2) is 0 Å². The van der Waals surface area contributed by atoms with Gasteiger partial charge in [-0.05, 0) is 79.5 Å². The van der Waals surface area contributed by atoms with Crippen LogP contribution in [0.25, 0.3) is 44.3 Å². The second-order valence-electron chi connectivity index (χ2n) is 9.60. The van der Waals surface area contributed by atoms with E-state index in [1.165, 1.54) is 35.1 Å². The van der Waals surface area contributed by atoms with Crippen LogP contribution in [0.3, 0.4) is 0 Å². The van der Waals surface area contributed by atoms with Gasteiger partial charge >= 0.3 is 0 Å². The number of nitriles is 1. The highest BCUT2D eigenvalue weighted by molar-refractivity contribution is 6.14. The van der Waals surface area contributed by atoms with Crippen molar-refractivity contribution in [2.75, 3.05) is 0 Å². The van der Waals surface area contributed by atoms with Gasteiger partial charge in [0.1, 0.15) is 18.2 Å². The number of benzene rings is 3. The van der Waals surface area contributed by atoms with E-state index in [0.29, 0.717) is 5.56 Å². The maximum absolute atomic E-state index is 10.0. The Hall–Kier alpha value is -3.90. The van der Waals surface area contributed by atoms with E-state index in [1.807, 2.05) is 12.1 Å². The number of furan rings is 1. The van der Waals surface area contributed by atoms with Crippen LogP contribution < -0.4 is 4.57 Å². The van der Waals surface area contributed by atoms with Crippen molar-refractivity contribution in [3.63, 3.8) is 0 Å². The molecule has 0 unspecified atom stereocenters. The zero-order valence-electron chi connectivity index (χ0n) is 19.9. The predicted molar refractivity (Wildman–Crippen MR) is 137 cm³/mol. The zero-order valence-corrected chi connectivity index (χ0v) is 19.9. The van der Waals surface area contributed by atoms with Crippen molar-refractivity contribution in [3.8, 4) is 28.5 Å². The SMILES string of the molecule is Cc1cc[n+](C)c(-c2c(C)ccc3c2oc2c(-c4ccc5c(c4)CCCC5)c(C#N)ccc23)c1. The number of hydrogen-bond donors (Lipinski definition) is 0. The monoisotopic (exact) mass is 443 g/mol. The number of nitrogens with zero attached hydrogens (tertiary/aromatic N) is 2. The molecule has 0 aliphatic heterocycles. The average Bonchev–Trinajstić information content (AvgIpc) is 3.23. The minimum atomic E-state index is 0.654. The highest BCUT2D eigenvalue weighted by Crippen LogP contribution is 2.42. The van der Waals surface area contributed by atoms with Gasteiger partial charge in [-0.1, -0.05) is 30.3 Å². The molecule has 5 aromatic rings. The highest BCUT2D eigenvalue weighted by atomic mass is 16.3. The van der Waals surface area contributed by atoms with Gasteiger partial charge in [0.25, 0.3) is 0 Å². The van der Waals surface area contributed by atoms with Crippen molar-refractivity contribution >= 4 is 21.9 Å². The Bertz CT molecular complexity index is 1650. The third-order valence-electron chi connectivity index (χ3n) is 7.34. The molecule has 0 amide bonds. The molecule has 1 aliphatic carbocycles. The van der Waals surface area contributed by atoms with Gasteiger partial charge in [-0.15, -0.1) is 0 Å². The van der Waals surface area contributed by atoms with Gasteiger partial charge in [-0.3, -0.25) is 0 Å². The molecule has 0 radical (unpaired) electrons. The van der Waals surface area contributed by atoms with E-state index in [1.54, 1.807) is 0 Å². The summed E-state index contributed by atoms with van der Waals surface area (Å²) in [5.41, 5.74) is 11.8. The summed E-state index contributed by atoms with van der Waals surface area (Å²) in [6, 6.07) is 21.7. The van der Waals surface area contributed by atoms with Gasteiger partial charge in [0.15, 0.2) is 6.20 Å². The zero-order chi connectivity index (χ0) is 23.4. The maximum Gasteiger partial charge on any atom is 0.216 e. The molecule has 34 heavy (non-hydrogen) atoms. The van der Waals surface area contributed by atoms with Gasteiger partial charge in [-0.25, -0.2) is 4.57 Å². The second-order valence-corrected chi connectivity index (χ2v) is 9.60. The smallest absolute Gasteiger partial charge is 0.216 e. The van der Waals surface area contributed by atoms with Crippen LogP contribution in [0.2, 0.25) is 0 Å². The first kappa shape index (κ1) is 20.7. The van der Waals surface area contributed by atoms with E-state index >= 15 is 0 Å². The van der Waals surface area contributed by atoms with E-state index in [4.69, 9.17) is 4.42 Å². The van der Waals surface area contributed by atoms with Crippen LogP contribution in [0.5, 0.6) is 0 Å². The van der Waals surface area contributed by atoms with Crippen LogP contribution in [0.4, 0.5) is 0 Å². The number of rotatable bonds is 2. The third kappa shape index (κ3) is 3.14. The molecule has 2 heterocycles. The van der Waals surface area contributed by atoms with E-state index in [0.717, 1.165) is 57.2 Å². The van der Waals surface area contributed by atoms with E-state index in [2.05, 4.69) is 80.2 Å². The summed E-state index contributed by atoms with van der Waals surface area (Å²) in [6.07, 6.45) is 6.83. The van der Waals surface area contributed by atoms with E-state index in [9.17, 15) is 5.26 Å². The predicted octanol–water partition coefficient (Wildman–Crippen LogP) is 7.11. The van der Waals surface area contributed by atoms with Crippen LogP contribution in [0.15, 0.2) is 65.2 Å². The molecule has 0 spiro atoms. The fourth-order valence-electron chi connectivity index (χ4n) is 5.51. The Labute approximate surface area is 199 Å². The summed E-state index contributed by atoms with van der Waals surface area (Å²) in [5.74, 6) is 0. The van der Waals surface area contributed by atoms with Gasteiger partial charge in [-0.2, -0.15) is 5.26 Å². The molecule has 3 aromatic carbocycles. The molecule has 3 nitrogen and oxygen atoms in total. The maximum atomic E-state index is 10.0. The lowest BCUT2D eigenvalue weighted by Gasteiger charge is -2.17. The van der Waals surface area contributed by atoms with Crippen LogP contribution in [-0.2, 0) is 19.9 Å². The third-order valence-corrected chi connectivity index (χ3v) is 7.34. The van der Waals surface area contributed by atoms with Crippen LogP contribution >= 0.6 is 0 Å². The fraction of sp³-hybridized carbons (Fsp3) is 0.226. The molecule has 166 valence electrons. The summed E-state index contributed by atoms with van der Waals surface area (Å²) in [7, 11) is 2.07. The van der Waals surface area contributed by atoms with Gasteiger partial charge in [0.05, 0.1) is 17.2 Å². The minimum Gasteiger partial charge on any atom is -0.454 e. The van der Waals surface area contributed by atoms with E-state index in [-0.39, 0.29) is 0 Å². The lowest BCUT2D eigenvalue weighted by Crippen LogP contribution is -2.30. The first-order valence-corrected chi connectivity index (χ1v) is 12.0. The van der Waals surface area contributed by atoms with Crippen molar-refractivity contribution in [2.45, 2.75) is 39.5 Å². The number of fused-ring (bicyclic) bond motifs is 4. The Kier molecular flexibility index (Phi) is 4.78. The van der Waals surface area contributed by atoms with E-state index < -0.39 is 0 Å². The molecular weight excluding hydrogens is 416 g/mol. The molecular formula is C31H27N2O+. The second kappa shape index (κ2) is 7.85. The average molecular weight is 444 g/mol. The first-order valence-electron chi connectivity index (χ1n) is 12.0. The Morgan fingerprint density at radius 3 is 2.35 bits per heavy atom. The Morgan fingerprint density at radius 1 is 0.824 bits per heavy atom. The van der Waals surface area contributed by atoms with Crippen molar-refractivity contribution < 1.29 is 8.98 Å². The van der Waals surface area contributed by atoms with Crippen molar-refractivity contribution in [1.29, 1.82) is 5.26 Å². The Morgan fingerprint density at radius 2 is 1.56 bits per heavy atom. The number of aromatic nitrogens is 1. The van der Waals surface area contributed by atoms with Crippen molar-refractivity contribution in [3.05, 3.63) is 88.6 Å². The summed E-state index contributed by atoms with van der Waals surface area (Å²) in [4.78, 5) is 0. The van der Waals surface area contributed by atoms with Gasteiger partial charge < -0.3 is 4.42 Å². The normalized spacial score (nSPS) is 13.2. The molecule has 0 atom stereocenters. The molecule has 1 aliphatic rings. The lowest BCUT2D eigenvalue weighted by molar-refractivity contribution is -0.660. The number of hydrogen-bond acceptors (Lipinski definition) is 2. The number of pyridine rings is 1. The molecule has 0 N–H and O–H groups in total. The lowest BCUT2D eigenvalue weighted by atomic mass is 9.88. The van der Waals surface area contributed by atoms with Crippen molar-refractivity contribution in [2.24, 2.45) is 7.05 Å². The summed E-state index contributed by atoms with van der Waals surface area (Å²) >= 11 is 0. The molecule has 3 heteroatoms. The van der Waals surface area contributed by atoms with Gasteiger partial charge in [0, 0.05) is 28.5 Å². The molecule has 0 bridgehead atoms. The summed E-state index contributed by atoms with van der Waals surface area (Å²) in [6.45, 7) is 4.25. The summed E-state index contributed by atoms with van der Waals surface area (Å²) in [5, 5.41) is 12.1. The van der Waals surface area contributed by atoms with Gasteiger partial charge in [0.2, 0.25) is 5.69 Å². The molecule has 6 rings (SSSR count). The first-order chi connectivity index (χ1) is 16.5.